The van der Waals surface area contributed by atoms with Crippen LogP contribution in [0.15, 0.2) is 42.6 Å². The molecule has 2 N–H and O–H groups in total. The van der Waals surface area contributed by atoms with E-state index < -0.39 is 37.4 Å². The highest BCUT2D eigenvalue weighted by atomic mass is 35.5. The van der Waals surface area contributed by atoms with Gasteiger partial charge in [-0.2, -0.15) is 0 Å². The third kappa shape index (κ3) is 6.65. The van der Waals surface area contributed by atoms with Crippen LogP contribution in [-0.4, -0.2) is 57.4 Å². The van der Waals surface area contributed by atoms with Crippen molar-refractivity contribution in [2.45, 2.75) is 38.6 Å². The predicted molar refractivity (Wildman–Crippen MR) is 138 cm³/mol. The first-order chi connectivity index (χ1) is 18.3. The zero-order valence-corrected chi connectivity index (χ0v) is 22.5. The molecule has 1 fully saturated rings. The molecule has 0 saturated carbocycles. The van der Waals surface area contributed by atoms with Crippen molar-refractivity contribution in [3.05, 3.63) is 64.6 Å². The molecule has 0 aliphatic carbocycles. The molecule has 2 aromatic carbocycles. The minimum Gasteiger partial charge on any atom is -0.350 e. The SMILES string of the molecule is CC(=O)c1cn(CC(=O)N2C[C@H](F)C[C@H]2C(=O)NCc2cccc(Cl)c2F)c2ccc(OOP(C)(=O)O)cc12. The normalized spacial score (nSPS) is 18.7. The predicted octanol–water partition coefficient (Wildman–Crippen LogP) is 4.02. The van der Waals surface area contributed by atoms with Gasteiger partial charge in [-0.25, -0.2) is 8.78 Å². The fourth-order valence-corrected chi connectivity index (χ4v) is 4.80. The number of aromatic nitrogens is 1. The van der Waals surface area contributed by atoms with Crippen molar-refractivity contribution in [3.63, 3.8) is 0 Å². The number of nitrogens with one attached hydrogen (secondary N) is 1. The van der Waals surface area contributed by atoms with Gasteiger partial charge in [0.1, 0.15) is 24.6 Å². The number of hydrogen-bond acceptors (Lipinski definition) is 6. The molecule has 1 unspecified atom stereocenters. The van der Waals surface area contributed by atoms with Crippen LogP contribution >= 0.6 is 19.2 Å². The van der Waals surface area contributed by atoms with Gasteiger partial charge in [-0.3, -0.25) is 18.9 Å². The molecule has 4 rings (SSSR count). The smallest absolute Gasteiger partial charge is 0.350 e. The van der Waals surface area contributed by atoms with Gasteiger partial charge in [-0.05, 0) is 31.2 Å². The van der Waals surface area contributed by atoms with Crippen molar-refractivity contribution in [2.75, 3.05) is 13.2 Å². The van der Waals surface area contributed by atoms with Gasteiger partial charge in [0.15, 0.2) is 11.5 Å². The van der Waals surface area contributed by atoms with Crippen LogP contribution < -0.4 is 10.2 Å². The second kappa shape index (κ2) is 11.4. The van der Waals surface area contributed by atoms with Gasteiger partial charge in [0.05, 0.1) is 11.6 Å². The minimum absolute atomic E-state index is 0.0536. The molecule has 0 radical (unpaired) electrons. The third-order valence-corrected chi connectivity index (χ3v) is 6.81. The number of hydrogen-bond donors (Lipinski definition) is 2. The fraction of sp³-hybridized carbons (Fsp3) is 0.320. The molecule has 3 aromatic rings. The number of amides is 2. The molecule has 10 nitrogen and oxygen atoms in total. The monoisotopic (exact) mass is 583 g/mol. The number of Topliss-reactive ketones (excluding diaryl/α,β-unsaturated/α-hetero) is 1. The lowest BCUT2D eigenvalue weighted by Crippen LogP contribution is -2.46. The second-order valence-electron chi connectivity index (χ2n) is 9.19. The number of likely N-dealkylation sites (tertiary alicyclic amines) is 1. The van der Waals surface area contributed by atoms with E-state index in [2.05, 4.69) is 9.99 Å². The quantitative estimate of drug-likeness (QED) is 0.169. The van der Waals surface area contributed by atoms with E-state index >= 15 is 0 Å². The van der Waals surface area contributed by atoms with E-state index in [-0.39, 0.29) is 53.7 Å². The summed E-state index contributed by atoms with van der Waals surface area (Å²) in [6.45, 7) is 1.48. The van der Waals surface area contributed by atoms with E-state index in [0.29, 0.717) is 10.9 Å². The van der Waals surface area contributed by atoms with Crippen LogP contribution in [0.2, 0.25) is 5.02 Å². The summed E-state index contributed by atoms with van der Waals surface area (Å²) in [4.78, 5) is 53.6. The van der Waals surface area contributed by atoms with Crippen LogP contribution in [0.1, 0.15) is 29.3 Å². The van der Waals surface area contributed by atoms with Crippen LogP contribution in [0.25, 0.3) is 10.9 Å². The van der Waals surface area contributed by atoms with Gasteiger partial charge in [-0.15, -0.1) is 4.67 Å². The first-order valence-electron chi connectivity index (χ1n) is 11.8. The van der Waals surface area contributed by atoms with Crippen LogP contribution in [0.3, 0.4) is 0 Å². The number of carbonyl (C=O) groups excluding carboxylic acids is 3. The summed E-state index contributed by atoms with van der Waals surface area (Å²) in [5, 5.41) is 2.83. The summed E-state index contributed by atoms with van der Waals surface area (Å²) in [7, 11) is -3.93. The summed E-state index contributed by atoms with van der Waals surface area (Å²) in [5.41, 5.74) is 0.848. The first-order valence-corrected chi connectivity index (χ1v) is 14.2. The van der Waals surface area contributed by atoms with Crippen LogP contribution in [-0.2, 0) is 31.9 Å². The van der Waals surface area contributed by atoms with E-state index in [1.54, 1.807) is 0 Å². The largest absolute Gasteiger partial charge is 0.363 e. The Morgan fingerprint density at radius 3 is 2.69 bits per heavy atom. The van der Waals surface area contributed by atoms with Gasteiger partial charge < -0.3 is 24.6 Å². The van der Waals surface area contributed by atoms with Gasteiger partial charge in [0.2, 0.25) is 11.8 Å². The van der Waals surface area contributed by atoms with Gasteiger partial charge in [0, 0.05) is 47.9 Å². The Labute approximate surface area is 226 Å². The van der Waals surface area contributed by atoms with E-state index in [1.165, 1.54) is 54.1 Å². The first kappa shape index (κ1) is 28.7. The van der Waals surface area contributed by atoms with Crippen molar-refractivity contribution in [2.24, 2.45) is 0 Å². The summed E-state index contributed by atoms with van der Waals surface area (Å²) in [6.07, 6.45) is -0.192. The number of rotatable bonds is 9. The van der Waals surface area contributed by atoms with Crippen molar-refractivity contribution < 1.29 is 42.2 Å². The molecule has 0 spiro atoms. The maximum atomic E-state index is 14.4. The molecule has 2 amide bonds. The zero-order valence-electron chi connectivity index (χ0n) is 20.9. The summed E-state index contributed by atoms with van der Waals surface area (Å²) in [6, 6.07) is 7.61. The van der Waals surface area contributed by atoms with Crippen LogP contribution in [0.4, 0.5) is 8.78 Å². The number of benzene rings is 2. The molecular formula is C25H25ClF2N3O7P. The highest BCUT2D eigenvalue weighted by Crippen LogP contribution is 2.38. The molecule has 3 atom stereocenters. The fourth-order valence-electron chi connectivity index (χ4n) is 4.38. The number of alkyl halides is 1. The molecule has 1 aliphatic heterocycles. The van der Waals surface area contributed by atoms with Gasteiger partial charge in [-0.1, -0.05) is 23.7 Å². The highest BCUT2D eigenvalue weighted by Gasteiger charge is 2.39. The lowest BCUT2D eigenvalue weighted by atomic mass is 10.1. The van der Waals surface area contributed by atoms with Crippen molar-refractivity contribution in [3.8, 4) is 5.75 Å². The lowest BCUT2D eigenvalue weighted by Gasteiger charge is -2.24. The summed E-state index contributed by atoms with van der Waals surface area (Å²) in [5.74, 6) is -2.14. The average Bonchev–Trinajstić information content (AvgIpc) is 3.43. The van der Waals surface area contributed by atoms with Crippen molar-refractivity contribution >= 4 is 47.7 Å². The Kier molecular flexibility index (Phi) is 8.41. The number of ketones is 1. The Bertz CT molecular complexity index is 1490. The molecule has 39 heavy (non-hydrogen) atoms. The molecule has 0 bridgehead atoms. The van der Waals surface area contributed by atoms with E-state index in [1.807, 2.05) is 0 Å². The minimum atomic E-state index is -3.93. The standard InChI is InChI=1S/C25H25ClF2N3O7P/c1-14(32)19-12-30(21-7-6-17(9-18(19)21)37-38-39(2,35)36)13-23(33)31-11-16(27)8-22(31)25(34)29-10-15-4-3-5-20(26)24(15)28/h3-7,9,12,16,22H,8,10-11,13H2,1-2H3,(H,29,34)(H,35,36)/t16-,22+/m1/s1. The summed E-state index contributed by atoms with van der Waals surface area (Å²) >= 11 is 5.77. The van der Waals surface area contributed by atoms with Gasteiger partial charge in [0.25, 0.3) is 0 Å². The number of nitrogens with zero attached hydrogens (tertiary/aromatic N) is 2. The van der Waals surface area contributed by atoms with Crippen LogP contribution in [0, 0.1) is 5.82 Å². The van der Waals surface area contributed by atoms with E-state index in [0.717, 1.165) is 11.6 Å². The second-order valence-corrected chi connectivity index (χ2v) is 11.4. The number of halogens is 3. The van der Waals surface area contributed by atoms with Gasteiger partial charge >= 0.3 is 7.60 Å². The topological polar surface area (TPSA) is 127 Å². The van der Waals surface area contributed by atoms with E-state index in [4.69, 9.17) is 16.5 Å². The molecule has 1 saturated heterocycles. The Hall–Kier alpha value is -3.31. The average molecular weight is 584 g/mol. The number of carbonyl (C=O) groups is 3. The molecular weight excluding hydrogens is 559 g/mol. The lowest BCUT2D eigenvalue weighted by molar-refractivity contribution is -0.139. The van der Waals surface area contributed by atoms with Crippen LogP contribution in [0.5, 0.6) is 5.75 Å². The summed E-state index contributed by atoms with van der Waals surface area (Å²) < 4.78 is 45.8. The highest BCUT2D eigenvalue weighted by molar-refractivity contribution is 7.51. The van der Waals surface area contributed by atoms with E-state index in [9.17, 15) is 32.6 Å². The maximum Gasteiger partial charge on any atom is 0.363 e. The Morgan fingerprint density at radius 2 is 2.00 bits per heavy atom. The molecule has 1 aromatic heterocycles. The van der Waals surface area contributed by atoms with Crippen molar-refractivity contribution in [1.29, 1.82) is 0 Å². The van der Waals surface area contributed by atoms with Crippen molar-refractivity contribution in [1.82, 2.24) is 14.8 Å². The maximum absolute atomic E-state index is 14.4. The molecule has 1 aliphatic rings. The molecule has 208 valence electrons. The third-order valence-electron chi connectivity index (χ3n) is 6.17. The number of fused-ring (bicyclic) bond motifs is 1. The zero-order chi connectivity index (χ0) is 28.5. The Balaban J connectivity index is 1.52. The molecule has 14 heteroatoms. The molecule has 2 heterocycles. The Morgan fingerprint density at radius 1 is 1.26 bits per heavy atom.